The molecule has 0 amide bonds. The van der Waals surface area contributed by atoms with Crippen LogP contribution < -0.4 is 10.3 Å². The van der Waals surface area contributed by atoms with Crippen LogP contribution in [0, 0.1) is 0 Å². The van der Waals surface area contributed by atoms with Crippen LogP contribution >= 0.6 is 12.2 Å². The third-order valence-electron chi connectivity index (χ3n) is 2.52. The van der Waals surface area contributed by atoms with Gasteiger partial charge < -0.3 is 5.32 Å². The number of hydrazone groups is 1. The monoisotopic (exact) mass is 283 g/mol. The minimum Gasteiger partial charge on any atom is -0.331 e. The Morgan fingerprint density at radius 1 is 0.950 bits per heavy atom. The van der Waals surface area contributed by atoms with Gasteiger partial charge in [0.05, 0.1) is 5.69 Å². The van der Waals surface area contributed by atoms with Crippen LogP contribution in [0.15, 0.2) is 65.8 Å². The summed E-state index contributed by atoms with van der Waals surface area (Å²) in [5.74, 6) is 0. The van der Waals surface area contributed by atoms with Crippen LogP contribution in [0.2, 0.25) is 0 Å². The summed E-state index contributed by atoms with van der Waals surface area (Å²) in [7, 11) is 0. The molecule has 0 aliphatic rings. The van der Waals surface area contributed by atoms with Crippen LogP contribution in [0.1, 0.15) is 13.8 Å². The number of hydrogen-bond donors (Lipinski definition) is 1. The van der Waals surface area contributed by atoms with Gasteiger partial charge in [-0.2, -0.15) is 5.10 Å². The van der Waals surface area contributed by atoms with E-state index in [1.54, 1.807) is 5.01 Å². The SMILES string of the molecule is CC(C)=NN(C(=S)Nc1ccccc1)c1ccccc1. The summed E-state index contributed by atoms with van der Waals surface area (Å²) in [6.45, 7) is 3.89. The van der Waals surface area contributed by atoms with Gasteiger partial charge in [-0.1, -0.05) is 36.4 Å². The molecule has 1 N–H and O–H groups in total. The predicted octanol–water partition coefficient (Wildman–Crippen LogP) is 4.29. The molecule has 0 saturated heterocycles. The van der Waals surface area contributed by atoms with Gasteiger partial charge in [-0.25, -0.2) is 5.01 Å². The highest BCUT2D eigenvalue weighted by Crippen LogP contribution is 2.16. The van der Waals surface area contributed by atoms with Gasteiger partial charge in [0, 0.05) is 11.4 Å². The molecule has 0 aliphatic heterocycles. The van der Waals surface area contributed by atoms with Crippen molar-refractivity contribution in [2.45, 2.75) is 13.8 Å². The number of para-hydroxylation sites is 2. The van der Waals surface area contributed by atoms with Crippen molar-refractivity contribution in [3.63, 3.8) is 0 Å². The van der Waals surface area contributed by atoms with E-state index in [9.17, 15) is 0 Å². The summed E-state index contributed by atoms with van der Waals surface area (Å²) >= 11 is 5.47. The van der Waals surface area contributed by atoms with E-state index in [2.05, 4.69) is 10.4 Å². The highest BCUT2D eigenvalue weighted by molar-refractivity contribution is 7.80. The van der Waals surface area contributed by atoms with Crippen molar-refractivity contribution >= 4 is 34.4 Å². The van der Waals surface area contributed by atoms with E-state index in [4.69, 9.17) is 12.2 Å². The summed E-state index contributed by atoms with van der Waals surface area (Å²) in [6, 6.07) is 19.7. The Labute approximate surface area is 124 Å². The molecule has 0 radical (unpaired) electrons. The lowest BCUT2D eigenvalue weighted by atomic mass is 10.3. The Morgan fingerprint density at radius 3 is 2.05 bits per heavy atom. The second kappa shape index (κ2) is 6.82. The van der Waals surface area contributed by atoms with E-state index in [-0.39, 0.29) is 0 Å². The van der Waals surface area contributed by atoms with Gasteiger partial charge >= 0.3 is 0 Å². The fraction of sp³-hybridized carbons (Fsp3) is 0.125. The first kappa shape index (κ1) is 14.2. The molecular formula is C16H17N3S. The smallest absolute Gasteiger partial charge is 0.198 e. The van der Waals surface area contributed by atoms with Crippen LogP contribution in [0.5, 0.6) is 0 Å². The zero-order chi connectivity index (χ0) is 14.4. The Balaban J connectivity index is 2.24. The molecule has 0 unspecified atom stereocenters. The maximum atomic E-state index is 5.47. The van der Waals surface area contributed by atoms with E-state index in [0.717, 1.165) is 17.1 Å². The van der Waals surface area contributed by atoms with Crippen LogP contribution in [0.3, 0.4) is 0 Å². The highest BCUT2D eigenvalue weighted by Gasteiger charge is 2.11. The van der Waals surface area contributed by atoms with Gasteiger partial charge in [-0.3, -0.25) is 0 Å². The number of rotatable bonds is 3. The first-order chi connectivity index (χ1) is 9.66. The van der Waals surface area contributed by atoms with Gasteiger partial charge in [-0.05, 0) is 50.3 Å². The fourth-order valence-corrected chi connectivity index (χ4v) is 1.95. The molecule has 0 bridgehead atoms. The summed E-state index contributed by atoms with van der Waals surface area (Å²) < 4.78 is 0. The minimum absolute atomic E-state index is 0.545. The van der Waals surface area contributed by atoms with Gasteiger partial charge in [-0.15, -0.1) is 0 Å². The molecule has 0 spiro atoms. The Bertz CT molecular complexity index is 590. The molecule has 20 heavy (non-hydrogen) atoms. The van der Waals surface area contributed by atoms with Crippen LogP contribution in [0.4, 0.5) is 11.4 Å². The molecule has 2 aromatic carbocycles. The number of nitrogens with one attached hydrogen (secondary N) is 1. The van der Waals surface area contributed by atoms with Gasteiger partial charge in [0.15, 0.2) is 5.11 Å². The normalized spacial score (nSPS) is 9.70. The van der Waals surface area contributed by atoms with Crippen molar-refractivity contribution < 1.29 is 0 Å². The number of hydrogen-bond acceptors (Lipinski definition) is 2. The van der Waals surface area contributed by atoms with Crippen molar-refractivity contribution in [2.24, 2.45) is 5.10 Å². The summed E-state index contributed by atoms with van der Waals surface area (Å²) in [4.78, 5) is 0. The van der Waals surface area contributed by atoms with E-state index in [1.807, 2.05) is 74.5 Å². The van der Waals surface area contributed by atoms with E-state index in [0.29, 0.717) is 5.11 Å². The zero-order valence-electron chi connectivity index (χ0n) is 11.6. The van der Waals surface area contributed by atoms with E-state index >= 15 is 0 Å². The Kier molecular flexibility index (Phi) is 4.85. The minimum atomic E-state index is 0.545. The predicted molar refractivity (Wildman–Crippen MR) is 90.4 cm³/mol. The Morgan fingerprint density at radius 2 is 1.50 bits per heavy atom. The quantitative estimate of drug-likeness (QED) is 0.517. The molecule has 0 aromatic heterocycles. The number of nitrogens with zero attached hydrogens (tertiary/aromatic N) is 2. The molecule has 0 fully saturated rings. The van der Waals surface area contributed by atoms with Gasteiger partial charge in [0.1, 0.15) is 0 Å². The molecule has 102 valence electrons. The summed E-state index contributed by atoms with van der Waals surface area (Å²) in [6.07, 6.45) is 0. The van der Waals surface area contributed by atoms with Crippen molar-refractivity contribution in [1.29, 1.82) is 0 Å². The lowest BCUT2D eigenvalue weighted by Gasteiger charge is -2.21. The molecule has 0 aliphatic carbocycles. The average Bonchev–Trinajstić information content (AvgIpc) is 2.46. The Hall–Kier alpha value is -2.20. The second-order valence-electron chi connectivity index (χ2n) is 4.49. The number of benzene rings is 2. The lowest BCUT2D eigenvalue weighted by molar-refractivity contribution is 1.13. The lowest BCUT2D eigenvalue weighted by Crippen LogP contribution is -2.30. The molecular weight excluding hydrogens is 266 g/mol. The van der Waals surface area contributed by atoms with Crippen molar-refractivity contribution in [1.82, 2.24) is 0 Å². The average molecular weight is 283 g/mol. The molecule has 4 heteroatoms. The highest BCUT2D eigenvalue weighted by atomic mass is 32.1. The maximum absolute atomic E-state index is 5.47. The molecule has 0 saturated carbocycles. The molecule has 2 rings (SSSR count). The van der Waals surface area contributed by atoms with Crippen LogP contribution in [0.25, 0.3) is 0 Å². The van der Waals surface area contributed by atoms with Crippen LogP contribution in [-0.4, -0.2) is 10.8 Å². The van der Waals surface area contributed by atoms with Gasteiger partial charge in [0.25, 0.3) is 0 Å². The standard InChI is InChI=1S/C16H17N3S/c1-13(2)18-19(15-11-7-4-8-12-15)16(20)17-14-9-5-3-6-10-14/h3-12H,1-2H3,(H,17,20). The number of thiocarbonyl (C=S) groups is 1. The van der Waals surface area contributed by atoms with E-state index in [1.165, 1.54) is 0 Å². The van der Waals surface area contributed by atoms with Crippen molar-refractivity contribution in [3.8, 4) is 0 Å². The summed E-state index contributed by atoms with van der Waals surface area (Å²) in [5, 5.41) is 9.96. The first-order valence-electron chi connectivity index (χ1n) is 6.40. The second-order valence-corrected chi connectivity index (χ2v) is 4.88. The van der Waals surface area contributed by atoms with Crippen molar-refractivity contribution in [3.05, 3.63) is 60.7 Å². The largest absolute Gasteiger partial charge is 0.331 e. The molecule has 0 heterocycles. The molecule has 3 nitrogen and oxygen atoms in total. The van der Waals surface area contributed by atoms with E-state index < -0.39 is 0 Å². The van der Waals surface area contributed by atoms with Gasteiger partial charge in [0.2, 0.25) is 0 Å². The van der Waals surface area contributed by atoms with Crippen molar-refractivity contribution in [2.75, 3.05) is 10.3 Å². The fourth-order valence-electron chi connectivity index (χ4n) is 1.69. The first-order valence-corrected chi connectivity index (χ1v) is 6.80. The maximum Gasteiger partial charge on any atom is 0.198 e. The topological polar surface area (TPSA) is 27.6 Å². The zero-order valence-corrected chi connectivity index (χ0v) is 12.4. The third kappa shape index (κ3) is 3.90. The third-order valence-corrected chi connectivity index (χ3v) is 2.79. The number of anilines is 2. The van der Waals surface area contributed by atoms with Crippen LogP contribution in [-0.2, 0) is 0 Å². The summed E-state index contributed by atoms with van der Waals surface area (Å²) in [5.41, 5.74) is 2.82. The molecule has 2 aromatic rings. The molecule has 0 atom stereocenters.